The van der Waals surface area contributed by atoms with Crippen LogP contribution in [-0.4, -0.2) is 10.1 Å². The molecule has 0 unspecified atom stereocenters. The molecule has 124 valence electrons. The molecule has 0 fully saturated rings. The number of hydrogen-bond acceptors (Lipinski definition) is 3. The zero-order valence-corrected chi connectivity index (χ0v) is 15.5. The van der Waals surface area contributed by atoms with Crippen LogP contribution < -0.4 is 5.73 Å². The monoisotopic (exact) mass is 384 g/mol. The van der Waals surface area contributed by atoms with Crippen LogP contribution in [0.4, 0.5) is 5.69 Å². The summed E-state index contributed by atoms with van der Waals surface area (Å²) < 4.78 is 0.974. The van der Waals surface area contributed by atoms with Crippen molar-refractivity contribution < 1.29 is 5.11 Å². The molecule has 0 bridgehead atoms. The molecule has 1 heterocycles. The molecule has 2 aromatic carbocycles. The highest BCUT2D eigenvalue weighted by molar-refractivity contribution is 9.10. The summed E-state index contributed by atoms with van der Waals surface area (Å²) in [5.41, 5.74) is 9.42. The average Bonchev–Trinajstić information content (AvgIpc) is 2.61. The van der Waals surface area contributed by atoms with Gasteiger partial charge in [0.15, 0.2) is 0 Å². The number of pyridine rings is 1. The first-order chi connectivity index (χ1) is 11.5. The second-order valence-electron chi connectivity index (χ2n) is 6.02. The van der Waals surface area contributed by atoms with Gasteiger partial charge in [-0.1, -0.05) is 60.1 Å². The van der Waals surface area contributed by atoms with Crippen LogP contribution in [0.5, 0.6) is 0 Å². The third-order valence-electron chi connectivity index (χ3n) is 4.66. The number of aliphatic hydroxyl groups is 1. The molecule has 3 N–H and O–H groups in total. The summed E-state index contributed by atoms with van der Waals surface area (Å²) in [7, 11) is 0. The van der Waals surface area contributed by atoms with Gasteiger partial charge in [0.05, 0.1) is 16.9 Å². The van der Waals surface area contributed by atoms with E-state index in [9.17, 15) is 5.11 Å². The van der Waals surface area contributed by atoms with E-state index in [0.29, 0.717) is 24.2 Å². The topological polar surface area (TPSA) is 59.1 Å². The molecule has 0 saturated heterocycles. The van der Waals surface area contributed by atoms with Gasteiger partial charge in [-0.2, -0.15) is 0 Å². The smallest absolute Gasteiger partial charge is 0.108 e. The Morgan fingerprint density at radius 1 is 1.08 bits per heavy atom. The molecule has 3 aromatic rings. The van der Waals surface area contributed by atoms with Gasteiger partial charge in [0.1, 0.15) is 5.60 Å². The molecular weight excluding hydrogens is 364 g/mol. The minimum absolute atomic E-state index is 0.554. The van der Waals surface area contributed by atoms with E-state index in [2.05, 4.69) is 15.9 Å². The number of halogens is 1. The first-order valence-corrected chi connectivity index (χ1v) is 8.96. The Kier molecular flexibility index (Phi) is 4.61. The van der Waals surface area contributed by atoms with Crippen LogP contribution >= 0.6 is 15.9 Å². The third-order valence-corrected chi connectivity index (χ3v) is 5.15. The van der Waals surface area contributed by atoms with Crippen LogP contribution in [-0.2, 0) is 5.60 Å². The number of benzene rings is 2. The number of anilines is 1. The normalized spacial score (nSPS) is 11.8. The standard InChI is InChI=1S/C20H21BrN2O/c1-3-20(24,4-2)19-18(22)17(13-8-6-5-7-9-13)15-12-14(21)10-11-16(15)23-19/h5-12,24H,3-4,22H2,1-2H3. The molecule has 0 atom stereocenters. The predicted molar refractivity (Wildman–Crippen MR) is 104 cm³/mol. The highest BCUT2D eigenvalue weighted by Crippen LogP contribution is 2.41. The minimum Gasteiger partial charge on any atom is -0.397 e. The largest absolute Gasteiger partial charge is 0.397 e. The zero-order valence-electron chi connectivity index (χ0n) is 13.9. The fourth-order valence-corrected chi connectivity index (χ4v) is 3.47. The van der Waals surface area contributed by atoms with E-state index in [1.54, 1.807) is 0 Å². The van der Waals surface area contributed by atoms with Crippen molar-refractivity contribution in [3.63, 3.8) is 0 Å². The van der Waals surface area contributed by atoms with Crippen LogP contribution in [0.25, 0.3) is 22.0 Å². The fourth-order valence-electron chi connectivity index (χ4n) is 3.11. The van der Waals surface area contributed by atoms with Gasteiger partial charge in [0.2, 0.25) is 0 Å². The van der Waals surface area contributed by atoms with Crippen LogP contribution in [0.15, 0.2) is 53.0 Å². The second-order valence-corrected chi connectivity index (χ2v) is 6.93. The van der Waals surface area contributed by atoms with E-state index in [1.165, 1.54) is 0 Å². The quantitative estimate of drug-likeness (QED) is 0.645. The summed E-state index contributed by atoms with van der Waals surface area (Å²) in [5.74, 6) is 0. The van der Waals surface area contributed by atoms with Gasteiger partial charge < -0.3 is 10.8 Å². The molecular formula is C20H21BrN2O. The van der Waals surface area contributed by atoms with Gasteiger partial charge in [0, 0.05) is 15.4 Å². The SMILES string of the molecule is CCC(O)(CC)c1nc2ccc(Br)cc2c(-c2ccccc2)c1N. The van der Waals surface area contributed by atoms with Crippen molar-refractivity contribution in [1.82, 2.24) is 4.98 Å². The maximum absolute atomic E-state index is 11.0. The third kappa shape index (κ3) is 2.80. The number of aromatic nitrogens is 1. The molecule has 24 heavy (non-hydrogen) atoms. The Balaban J connectivity index is 2.42. The molecule has 0 saturated carbocycles. The molecule has 1 aromatic heterocycles. The maximum Gasteiger partial charge on any atom is 0.108 e. The number of nitrogens with zero attached hydrogens (tertiary/aromatic N) is 1. The Morgan fingerprint density at radius 2 is 1.75 bits per heavy atom. The van der Waals surface area contributed by atoms with Crippen LogP contribution in [0, 0.1) is 0 Å². The molecule has 0 aliphatic rings. The number of rotatable bonds is 4. The number of nitrogen functional groups attached to an aromatic ring is 1. The summed E-state index contributed by atoms with van der Waals surface area (Å²) >= 11 is 3.53. The molecule has 4 heteroatoms. The van der Waals surface area contributed by atoms with Crippen molar-refractivity contribution in [2.45, 2.75) is 32.3 Å². The first kappa shape index (κ1) is 16.9. The Hall–Kier alpha value is -1.91. The van der Waals surface area contributed by atoms with Crippen LogP contribution in [0.2, 0.25) is 0 Å². The van der Waals surface area contributed by atoms with E-state index < -0.39 is 5.60 Å². The Bertz CT molecular complexity index is 874. The summed E-state index contributed by atoms with van der Waals surface area (Å²) in [5, 5.41) is 12.0. The second kappa shape index (κ2) is 6.54. The van der Waals surface area contributed by atoms with Crippen molar-refractivity contribution in [3.05, 3.63) is 58.7 Å². The van der Waals surface area contributed by atoms with E-state index in [1.807, 2.05) is 62.4 Å². The molecule has 0 aliphatic heterocycles. The maximum atomic E-state index is 11.0. The molecule has 0 radical (unpaired) electrons. The summed E-state index contributed by atoms with van der Waals surface area (Å²) in [6.45, 7) is 3.91. The van der Waals surface area contributed by atoms with Gasteiger partial charge in [-0.3, -0.25) is 0 Å². The predicted octanol–water partition coefficient (Wildman–Crippen LogP) is 5.25. The number of nitrogens with two attached hydrogens (primary N) is 1. The lowest BCUT2D eigenvalue weighted by atomic mass is 9.88. The highest BCUT2D eigenvalue weighted by atomic mass is 79.9. The van der Waals surface area contributed by atoms with Gasteiger partial charge in [-0.25, -0.2) is 4.98 Å². The van der Waals surface area contributed by atoms with Gasteiger partial charge >= 0.3 is 0 Å². The Labute approximate surface area is 150 Å². The van der Waals surface area contributed by atoms with Crippen molar-refractivity contribution >= 4 is 32.5 Å². The van der Waals surface area contributed by atoms with Crippen molar-refractivity contribution in [3.8, 4) is 11.1 Å². The summed E-state index contributed by atoms with van der Waals surface area (Å²) in [6, 6.07) is 16.0. The van der Waals surface area contributed by atoms with Crippen molar-refractivity contribution in [2.75, 3.05) is 5.73 Å². The highest BCUT2D eigenvalue weighted by Gasteiger charge is 2.31. The van der Waals surface area contributed by atoms with E-state index >= 15 is 0 Å². The first-order valence-electron chi connectivity index (χ1n) is 8.17. The minimum atomic E-state index is -1.02. The van der Waals surface area contributed by atoms with Gasteiger partial charge in [0.25, 0.3) is 0 Å². The summed E-state index contributed by atoms with van der Waals surface area (Å²) in [4.78, 5) is 4.72. The van der Waals surface area contributed by atoms with Gasteiger partial charge in [-0.05, 0) is 36.6 Å². The van der Waals surface area contributed by atoms with Gasteiger partial charge in [-0.15, -0.1) is 0 Å². The lowest BCUT2D eigenvalue weighted by Gasteiger charge is -2.28. The average molecular weight is 385 g/mol. The van der Waals surface area contributed by atoms with Crippen molar-refractivity contribution in [2.24, 2.45) is 0 Å². The molecule has 0 amide bonds. The fraction of sp³-hybridized carbons (Fsp3) is 0.250. The lowest BCUT2D eigenvalue weighted by Crippen LogP contribution is -2.27. The molecule has 3 rings (SSSR count). The van der Waals surface area contributed by atoms with Crippen LogP contribution in [0.3, 0.4) is 0 Å². The van der Waals surface area contributed by atoms with E-state index in [0.717, 1.165) is 26.5 Å². The van der Waals surface area contributed by atoms with Crippen LogP contribution in [0.1, 0.15) is 32.4 Å². The Morgan fingerprint density at radius 3 is 2.38 bits per heavy atom. The van der Waals surface area contributed by atoms with E-state index in [4.69, 9.17) is 10.7 Å². The summed E-state index contributed by atoms with van der Waals surface area (Å²) in [6.07, 6.45) is 1.13. The molecule has 0 aliphatic carbocycles. The van der Waals surface area contributed by atoms with Crippen molar-refractivity contribution in [1.29, 1.82) is 0 Å². The van der Waals surface area contributed by atoms with E-state index in [-0.39, 0.29) is 0 Å². The molecule has 0 spiro atoms. The number of fused-ring (bicyclic) bond motifs is 1. The zero-order chi connectivity index (χ0) is 17.3. The molecule has 3 nitrogen and oxygen atoms in total. The lowest BCUT2D eigenvalue weighted by molar-refractivity contribution is 0.0252. The number of hydrogen-bond donors (Lipinski definition) is 2.